The molecule has 0 radical (unpaired) electrons. The second-order valence-electron chi connectivity index (χ2n) is 9.33. The van der Waals surface area contributed by atoms with E-state index in [1.807, 2.05) is 35.3 Å². The normalized spacial score (nSPS) is 21.5. The number of sulfone groups is 1. The first-order chi connectivity index (χ1) is 15.4. The van der Waals surface area contributed by atoms with Gasteiger partial charge in [-0.2, -0.15) is 0 Å². The van der Waals surface area contributed by atoms with Gasteiger partial charge in [0.25, 0.3) is 0 Å². The zero-order chi connectivity index (χ0) is 22.6. The average Bonchev–Trinajstić information content (AvgIpc) is 3.29. The average molecular weight is 455 g/mol. The minimum absolute atomic E-state index is 0.260. The predicted octanol–water partition coefficient (Wildman–Crippen LogP) is 4.44. The summed E-state index contributed by atoms with van der Waals surface area (Å²) in [6, 6.07) is 18.7. The van der Waals surface area contributed by atoms with Crippen molar-refractivity contribution in [1.29, 1.82) is 0 Å². The van der Waals surface area contributed by atoms with Crippen LogP contribution >= 0.6 is 0 Å². The molecule has 7 heteroatoms. The van der Waals surface area contributed by atoms with Crippen molar-refractivity contribution in [2.45, 2.75) is 57.6 Å². The Morgan fingerprint density at radius 3 is 2.28 bits per heavy atom. The third-order valence-corrected chi connectivity index (χ3v) is 9.13. The third-order valence-electron chi connectivity index (χ3n) is 6.76. The molecule has 1 saturated carbocycles. The highest BCUT2D eigenvalue weighted by molar-refractivity contribution is 7.91. The van der Waals surface area contributed by atoms with Gasteiger partial charge >= 0.3 is 0 Å². The minimum Gasteiger partial charge on any atom is -0.238 e. The Bertz CT molecular complexity index is 1010. The Labute approximate surface area is 192 Å². The number of hydrogen-bond acceptors (Lipinski definition) is 6. The number of aryl methyl sites for hydroxylation is 1. The summed E-state index contributed by atoms with van der Waals surface area (Å²) in [5.41, 5.74) is 9.34. The Hall–Kier alpha value is -2.38. The molecule has 32 heavy (non-hydrogen) atoms. The van der Waals surface area contributed by atoms with Gasteiger partial charge in [0.05, 0.1) is 16.7 Å². The number of benzene rings is 2. The minimum atomic E-state index is -2.93. The van der Waals surface area contributed by atoms with Crippen LogP contribution in [0.25, 0.3) is 0 Å². The van der Waals surface area contributed by atoms with Crippen LogP contribution in [0, 0.1) is 11.8 Å². The van der Waals surface area contributed by atoms with Gasteiger partial charge in [0.15, 0.2) is 15.7 Å². The van der Waals surface area contributed by atoms with E-state index in [1.165, 1.54) is 12.0 Å². The van der Waals surface area contributed by atoms with Gasteiger partial charge in [-0.1, -0.05) is 55.3 Å². The number of anilines is 1. The predicted molar refractivity (Wildman–Crippen MR) is 131 cm³/mol. The van der Waals surface area contributed by atoms with Crippen molar-refractivity contribution in [2.75, 3.05) is 10.8 Å². The lowest BCUT2D eigenvalue weighted by molar-refractivity contribution is 0.278. The number of rotatable bonds is 8. The molecule has 1 fully saturated rings. The number of nitrogens with zero attached hydrogens (tertiary/aromatic N) is 2. The van der Waals surface area contributed by atoms with E-state index in [0.29, 0.717) is 17.6 Å². The molecular weight excluding hydrogens is 420 g/mol. The SMILES string of the molecule is CC(C)S(=O)(=O)CC1CCC(CCc2ccc(C3=NNNN3c3ccccc3)cc2)CC1. The second-order valence-corrected chi connectivity index (χ2v) is 11.9. The van der Waals surface area contributed by atoms with E-state index in [0.717, 1.165) is 49.2 Å². The van der Waals surface area contributed by atoms with Gasteiger partial charge in [-0.25, -0.2) is 19.0 Å². The molecule has 172 valence electrons. The number of hydrogen-bond donors (Lipinski definition) is 2. The van der Waals surface area contributed by atoms with Crippen molar-refractivity contribution in [3.8, 4) is 0 Å². The van der Waals surface area contributed by atoms with Crippen molar-refractivity contribution in [3.63, 3.8) is 0 Å². The molecule has 0 amide bonds. The summed E-state index contributed by atoms with van der Waals surface area (Å²) < 4.78 is 24.4. The van der Waals surface area contributed by atoms with E-state index in [1.54, 1.807) is 13.8 Å². The lowest BCUT2D eigenvalue weighted by Gasteiger charge is -2.28. The van der Waals surface area contributed by atoms with Gasteiger partial charge < -0.3 is 0 Å². The highest BCUT2D eigenvalue weighted by Crippen LogP contribution is 2.33. The summed E-state index contributed by atoms with van der Waals surface area (Å²) >= 11 is 0. The van der Waals surface area contributed by atoms with E-state index in [2.05, 4.69) is 40.4 Å². The molecule has 6 nitrogen and oxygen atoms in total. The van der Waals surface area contributed by atoms with Crippen LogP contribution in [0.15, 0.2) is 59.7 Å². The molecule has 2 aromatic carbocycles. The molecule has 0 atom stereocenters. The summed E-state index contributed by atoms with van der Waals surface area (Å²) in [6.07, 6.45) is 6.62. The van der Waals surface area contributed by atoms with Crippen LogP contribution in [0.4, 0.5) is 5.69 Å². The molecule has 0 spiro atoms. The van der Waals surface area contributed by atoms with Crippen molar-refractivity contribution >= 4 is 21.4 Å². The molecule has 0 saturated heterocycles. The second kappa shape index (κ2) is 10.0. The third kappa shape index (κ3) is 5.51. The van der Waals surface area contributed by atoms with Crippen LogP contribution in [-0.2, 0) is 16.3 Å². The Balaban J connectivity index is 1.27. The van der Waals surface area contributed by atoms with Crippen LogP contribution in [-0.4, -0.2) is 25.3 Å². The maximum absolute atomic E-state index is 12.2. The van der Waals surface area contributed by atoms with Gasteiger partial charge in [-0.3, -0.25) is 0 Å². The first-order valence-electron chi connectivity index (χ1n) is 11.7. The maximum Gasteiger partial charge on any atom is 0.177 e. The Morgan fingerprint density at radius 1 is 0.969 bits per heavy atom. The van der Waals surface area contributed by atoms with E-state index in [-0.39, 0.29) is 5.25 Å². The molecule has 2 N–H and O–H groups in total. The number of hydrazone groups is 1. The first-order valence-corrected chi connectivity index (χ1v) is 13.4. The zero-order valence-electron chi connectivity index (χ0n) is 19.0. The van der Waals surface area contributed by atoms with E-state index < -0.39 is 9.84 Å². The van der Waals surface area contributed by atoms with Gasteiger partial charge in [0.2, 0.25) is 0 Å². The topological polar surface area (TPSA) is 73.8 Å². The van der Waals surface area contributed by atoms with Crippen LogP contribution < -0.4 is 16.1 Å². The largest absolute Gasteiger partial charge is 0.238 e. The summed E-state index contributed by atoms with van der Waals surface area (Å²) in [6.45, 7) is 3.58. The standard InChI is InChI=1S/C25H34N4O2S/c1-19(2)32(30,31)18-22-12-10-20(11-13-22)8-9-21-14-16-23(17-15-21)25-26-27-28-29(25)24-6-4-3-5-7-24/h3-7,14-17,19-20,22,27-28H,8-13,18H2,1-2H3. The fourth-order valence-corrected chi connectivity index (χ4v) is 5.96. The van der Waals surface area contributed by atoms with Crippen LogP contribution in [0.5, 0.6) is 0 Å². The lowest BCUT2D eigenvalue weighted by Crippen LogP contribution is -2.41. The highest BCUT2D eigenvalue weighted by atomic mass is 32.2. The zero-order valence-corrected chi connectivity index (χ0v) is 19.8. The summed E-state index contributed by atoms with van der Waals surface area (Å²) in [7, 11) is -2.93. The fourth-order valence-electron chi connectivity index (χ4n) is 4.59. The first kappa shape index (κ1) is 22.8. The van der Waals surface area contributed by atoms with Gasteiger partial charge in [0, 0.05) is 5.56 Å². The molecule has 4 rings (SSSR count). The molecule has 0 bridgehead atoms. The molecule has 1 aliphatic carbocycles. The van der Waals surface area contributed by atoms with Crippen molar-refractivity contribution < 1.29 is 8.42 Å². The van der Waals surface area contributed by atoms with Gasteiger partial charge in [-0.15, -0.1) is 10.6 Å². The Morgan fingerprint density at radius 2 is 1.62 bits per heavy atom. The quantitative estimate of drug-likeness (QED) is 0.617. The number of amidine groups is 1. The monoisotopic (exact) mass is 454 g/mol. The fraction of sp³-hybridized carbons (Fsp3) is 0.480. The molecule has 2 aromatic rings. The van der Waals surface area contributed by atoms with Gasteiger partial charge in [0.1, 0.15) is 0 Å². The van der Waals surface area contributed by atoms with Crippen LogP contribution in [0.1, 0.15) is 57.1 Å². The van der Waals surface area contributed by atoms with Crippen molar-refractivity contribution in [1.82, 2.24) is 11.1 Å². The summed E-state index contributed by atoms with van der Waals surface area (Å²) in [4.78, 5) is 0. The lowest BCUT2D eigenvalue weighted by atomic mass is 9.80. The van der Waals surface area contributed by atoms with Crippen molar-refractivity contribution in [3.05, 3.63) is 65.7 Å². The van der Waals surface area contributed by atoms with E-state index in [4.69, 9.17) is 0 Å². The molecule has 1 aliphatic heterocycles. The molecule has 0 aromatic heterocycles. The molecule has 0 unspecified atom stereocenters. The smallest absolute Gasteiger partial charge is 0.177 e. The number of hydrazine groups is 2. The number of para-hydroxylation sites is 1. The highest BCUT2D eigenvalue weighted by Gasteiger charge is 2.27. The Kier molecular flexibility index (Phi) is 7.16. The van der Waals surface area contributed by atoms with Crippen LogP contribution in [0.2, 0.25) is 0 Å². The van der Waals surface area contributed by atoms with E-state index in [9.17, 15) is 8.42 Å². The van der Waals surface area contributed by atoms with Crippen molar-refractivity contribution in [2.24, 2.45) is 16.9 Å². The summed E-state index contributed by atoms with van der Waals surface area (Å²) in [5.74, 6) is 2.26. The summed E-state index contributed by atoms with van der Waals surface area (Å²) in [5, 5.41) is 6.07. The maximum atomic E-state index is 12.2. The molecule has 1 heterocycles. The van der Waals surface area contributed by atoms with Gasteiger partial charge in [-0.05, 0) is 69.1 Å². The molecule has 2 aliphatic rings. The van der Waals surface area contributed by atoms with E-state index >= 15 is 0 Å². The number of nitrogens with one attached hydrogen (secondary N) is 2. The molecular formula is C25H34N4O2S. The van der Waals surface area contributed by atoms with Crippen LogP contribution in [0.3, 0.4) is 0 Å².